The number of likely N-dealkylation sites (N-methyl/N-ethyl adjacent to an activating group) is 1. The van der Waals surface area contributed by atoms with Crippen LogP contribution in [0.25, 0.3) is 17.0 Å². The average Bonchev–Trinajstić information content (AvgIpc) is 3.28. The third kappa shape index (κ3) is 8.74. The molecular weight excluding hydrogens is 585 g/mol. The van der Waals surface area contributed by atoms with Crippen molar-refractivity contribution in [3.05, 3.63) is 65.1 Å². The number of phosphoric acid groups is 1. The molecule has 1 aromatic carbocycles. The molecule has 0 saturated carbocycles. The number of rotatable bonds is 14. The number of phosphoric ester groups is 1. The van der Waals surface area contributed by atoms with Crippen LogP contribution in [-0.4, -0.2) is 56.8 Å². The molecule has 4 rings (SSSR count). The van der Waals surface area contributed by atoms with E-state index in [4.69, 9.17) is 18.0 Å². The van der Waals surface area contributed by atoms with E-state index in [-0.39, 0.29) is 38.2 Å². The number of furan rings is 1. The summed E-state index contributed by atoms with van der Waals surface area (Å²) in [5.41, 5.74) is 3.37. The first-order valence-corrected chi connectivity index (χ1v) is 19.8. The van der Waals surface area contributed by atoms with Crippen LogP contribution >= 0.6 is 7.82 Å². The maximum absolute atomic E-state index is 13.3. The number of pyridine rings is 1. The van der Waals surface area contributed by atoms with Gasteiger partial charge in [-0.3, -0.25) is 28.1 Å². The van der Waals surface area contributed by atoms with E-state index in [1.807, 2.05) is 44.2 Å². The summed E-state index contributed by atoms with van der Waals surface area (Å²) in [5.74, 6) is 0.810. The molecule has 1 aliphatic heterocycles. The normalized spacial score (nSPS) is 15.2. The highest BCUT2D eigenvalue weighted by atomic mass is 31.2. The fourth-order valence-electron chi connectivity index (χ4n) is 4.54. The zero-order chi connectivity index (χ0) is 31.2. The van der Waals surface area contributed by atoms with Gasteiger partial charge in [-0.15, -0.1) is 0 Å². The third-order valence-corrected chi connectivity index (χ3v) is 10.3. The van der Waals surface area contributed by atoms with Gasteiger partial charge in [0.2, 0.25) is 11.8 Å². The van der Waals surface area contributed by atoms with Gasteiger partial charge in [-0.2, -0.15) is 0 Å². The van der Waals surface area contributed by atoms with Crippen LogP contribution in [0, 0.1) is 6.92 Å². The fraction of sp³-hybridized carbons (Fsp3) is 0.452. The Kier molecular flexibility index (Phi) is 10.8. The molecule has 0 radical (unpaired) electrons. The molecule has 3 aromatic rings. The molecular formula is C31H42N3O7PSi. The summed E-state index contributed by atoms with van der Waals surface area (Å²) < 4.78 is 36.0. The molecule has 0 aliphatic carbocycles. The molecule has 232 valence electrons. The van der Waals surface area contributed by atoms with Crippen molar-refractivity contribution < 1.29 is 32.1 Å². The van der Waals surface area contributed by atoms with Gasteiger partial charge in [-0.25, -0.2) is 9.55 Å². The van der Waals surface area contributed by atoms with E-state index in [0.717, 1.165) is 39.5 Å². The summed E-state index contributed by atoms with van der Waals surface area (Å²) >= 11 is 0. The average molecular weight is 628 g/mol. The lowest BCUT2D eigenvalue weighted by Crippen LogP contribution is -2.37. The number of amides is 2. The van der Waals surface area contributed by atoms with E-state index in [1.165, 1.54) is 11.0 Å². The van der Waals surface area contributed by atoms with Crippen molar-refractivity contribution in [1.82, 2.24) is 9.88 Å². The second-order valence-corrected chi connectivity index (χ2v) is 19.2. The molecule has 1 unspecified atom stereocenters. The molecule has 0 N–H and O–H groups in total. The van der Waals surface area contributed by atoms with Crippen molar-refractivity contribution >= 4 is 50.6 Å². The van der Waals surface area contributed by atoms with Crippen LogP contribution in [0.1, 0.15) is 42.2 Å². The lowest BCUT2D eigenvalue weighted by molar-refractivity contribution is -0.125. The SMILES string of the molecule is CCCOP(=O)(OCC[Si](C)(C)C)OCN1C(=O)CCc2cc(/C=C/C(=O)N(C)Cc3oc4ccccc4c3C)cnc21. The molecule has 43 heavy (non-hydrogen) atoms. The van der Waals surface area contributed by atoms with Gasteiger partial charge in [0.25, 0.3) is 0 Å². The van der Waals surface area contributed by atoms with Crippen molar-refractivity contribution in [2.45, 2.75) is 65.3 Å². The molecule has 1 atom stereocenters. The predicted octanol–water partition coefficient (Wildman–Crippen LogP) is 6.95. The monoisotopic (exact) mass is 627 g/mol. The van der Waals surface area contributed by atoms with Crippen molar-refractivity contribution in [1.29, 1.82) is 0 Å². The summed E-state index contributed by atoms with van der Waals surface area (Å²) in [6.07, 6.45) is 6.18. The van der Waals surface area contributed by atoms with Crippen LogP contribution in [0.3, 0.4) is 0 Å². The molecule has 12 heteroatoms. The fourth-order valence-corrected chi connectivity index (χ4v) is 6.63. The first-order chi connectivity index (χ1) is 20.4. The van der Waals surface area contributed by atoms with E-state index in [9.17, 15) is 14.2 Å². The maximum atomic E-state index is 13.3. The van der Waals surface area contributed by atoms with Crippen LogP contribution in [0.2, 0.25) is 25.7 Å². The lowest BCUT2D eigenvalue weighted by Gasteiger charge is -2.29. The van der Waals surface area contributed by atoms with Gasteiger partial charge in [0.15, 0.2) is 0 Å². The number of anilines is 1. The Balaban J connectivity index is 1.41. The summed E-state index contributed by atoms with van der Waals surface area (Å²) in [4.78, 5) is 33.1. The number of aryl methyl sites for hydroxylation is 2. The van der Waals surface area contributed by atoms with Crippen LogP contribution in [0.5, 0.6) is 0 Å². The van der Waals surface area contributed by atoms with Gasteiger partial charge in [-0.1, -0.05) is 44.8 Å². The molecule has 10 nitrogen and oxygen atoms in total. The smallest absolute Gasteiger partial charge is 0.459 e. The zero-order valence-electron chi connectivity index (χ0n) is 25.9. The van der Waals surface area contributed by atoms with E-state index >= 15 is 0 Å². The first kappa shape index (κ1) is 32.8. The molecule has 0 bridgehead atoms. The Morgan fingerprint density at radius 1 is 1.16 bits per heavy atom. The molecule has 2 aromatic heterocycles. The van der Waals surface area contributed by atoms with Gasteiger partial charge in [0, 0.05) is 44.8 Å². The van der Waals surface area contributed by atoms with E-state index in [2.05, 4.69) is 24.6 Å². The van der Waals surface area contributed by atoms with E-state index in [1.54, 1.807) is 24.2 Å². The minimum Gasteiger partial charge on any atom is -0.459 e. The van der Waals surface area contributed by atoms with Gasteiger partial charge in [0.05, 0.1) is 19.8 Å². The third-order valence-electron chi connectivity index (χ3n) is 7.15. The number of carbonyl (C=O) groups excluding carboxylic acids is 2. The summed E-state index contributed by atoms with van der Waals surface area (Å²) in [7, 11) is -3.56. The van der Waals surface area contributed by atoms with E-state index < -0.39 is 15.9 Å². The number of para-hydroxylation sites is 1. The Bertz CT molecular complexity index is 1530. The quantitative estimate of drug-likeness (QED) is 0.107. The summed E-state index contributed by atoms with van der Waals surface area (Å²) in [6, 6.07) is 10.5. The minimum atomic E-state index is -3.86. The predicted molar refractivity (Wildman–Crippen MR) is 170 cm³/mol. The maximum Gasteiger partial charge on any atom is 0.476 e. The van der Waals surface area contributed by atoms with Gasteiger partial charge in [-0.05, 0) is 55.1 Å². The Morgan fingerprint density at radius 3 is 2.63 bits per heavy atom. The highest BCUT2D eigenvalue weighted by Gasteiger charge is 2.32. The Hall–Kier alpha value is -3.08. The number of nitrogens with zero attached hydrogens (tertiary/aromatic N) is 3. The molecule has 0 saturated heterocycles. The highest BCUT2D eigenvalue weighted by Crippen LogP contribution is 2.50. The van der Waals surface area contributed by atoms with E-state index in [0.29, 0.717) is 25.2 Å². The Morgan fingerprint density at radius 2 is 1.91 bits per heavy atom. The van der Waals surface area contributed by atoms with Crippen molar-refractivity contribution in [2.24, 2.45) is 0 Å². The molecule has 1 aliphatic rings. The van der Waals surface area contributed by atoms with Gasteiger partial charge < -0.3 is 9.32 Å². The first-order valence-electron chi connectivity index (χ1n) is 14.6. The number of hydrogen-bond acceptors (Lipinski definition) is 8. The number of benzene rings is 1. The molecule has 2 amide bonds. The molecule has 0 spiro atoms. The summed E-state index contributed by atoms with van der Waals surface area (Å²) in [5, 5.41) is 1.04. The van der Waals surface area contributed by atoms with Crippen LogP contribution in [0.15, 0.2) is 47.0 Å². The second-order valence-electron chi connectivity index (χ2n) is 11.9. The van der Waals surface area contributed by atoms with Gasteiger partial charge >= 0.3 is 7.82 Å². The minimum absolute atomic E-state index is 0.181. The second kappa shape index (κ2) is 14.1. The molecule has 3 heterocycles. The number of hydrogen-bond donors (Lipinski definition) is 0. The topological polar surface area (TPSA) is 111 Å². The standard InChI is InChI=1S/C31H42N3O7PSi/c1-7-16-38-42(37,39-17-18-43(4,5)6)40-22-34-30(36)15-13-25-19-24(20-32-31(25)34)12-14-29(35)33(3)21-28-23(2)26-10-8-9-11-27(26)41-28/h8-12,14,19-20H,7,13,15-18,21-22H2,1-6H3/b14-12+. The lowest BCUT2D eigenvalue weighted by atomic mass is 10.0. The molecule has 0 fully saturated rings. The van der Waals surface area contributed by atoms with Crippen molar-refractivity contribution in [3.8, 4) is 0 Å². The number of aromatic nitrogens is 1. The van der Waals surface area contributed by atoms with Crippen LogP contribution in [0.4, 0.5) is 5.82 Å². The van der Waals surface area contributed by atoms with Crippen molar-refractivity contribution in [3.63, 3.8) is 0 Å². The number of fused-ring (bicyclic) bond motifs is 2. The Labute approximate surface area is 254 Å². The highest BCUT2D eigenvalue weighted by molar-refractivity contribution is 7.48. The zero-order valence-corrected chi connectivity index (χ0v) is 27.8. The van der Waals surface area contributed by atoms with Crippen LogP contribution in [-0.2, 0) is 40.7 Å². The van der Waals surface area contributed by atoms with Gasteiger partial charge in [0.1, 0.15) is 23.9 Å². The number of carbonyl (C=O) groups is 2. The van der Waals surface area contributed by atoms with Crippen LogP contribution < -0.4 is 4.90 Å². The summed E-state index contributed by atoms with van der Waals surface area (Å²) in [6.45, 7) is 11.0. The van der Waals surface area contributed by atoms with Crippen molar-refractivity contribution in [2.75, 3.05) is 31.9 Å². The largest absolute Gasteiger partial charge is 0.476 e.